The molecule has 14 rings (SSSR count). The second-order valence-electron chi connectivity index (χ2n) is 22.1. The quantitative estimate of drug-likeness (QED) is 0.171. The van der Waals surface area contributed by atoms with Crippen LogP contribution < -0.4 is 30.6 Å². The Morgan fingerprint density at radius 1 is 0.423 bits per heavy atom. The van der Waals surface area contributed by atoms with Crippen LogP contribution in [0.3, 0.4) is 0 Å². The van der Waals surface area contributed by atoms with Crippen molar-refractivity contribution >= 4 is 88.2 Å². The van der Waals surface area contributed by atoms with E-state index in [2.05, 4.69) is 120 Å². The largest absolute Gasteiger partial charge is 0.597 e. The highest BCUT2D eigenvalue weighted by molar-refractivity contribution is 6.63. The molecule has 14 nitrogen and oxygen atoms in total. The summed E-state index contributed by atoms with van der Waals surface area (Å²) >= 11 is 0. The van der Waals surface area contributed by atoms with Crippen LogP contribution in [0.15, 0.2) is 103 Å². The van der Waals surface area contributed by atoms with Crippen molar-refractivity contribution in [1.82, 2.24) is 8.47 Å². The summed E-state index contributed by atoms with van der Waals surface area (Å²) in [5.41, 5.74) is 8.54. The van der Waals surface area contributed by atoms with Gasteiger partial charge in [-0.15, -0.1) is 0 Å². The van der Waals surface area contributed by atoms with Crippen LogP contribution in [0.25, 0.3) is 21.5 Å². The fourth-order valence-corrected chi connectivity index (χ4v) is 15.5. The summed E-state index contributed by atoms with van der Waals surface area (Å²) in [7, 11) is -5.14. The van der Waals surface area contributed by atoms with E-state index in [1.54, 1.807) is 8.47 Å². The van der Waals surface area contributed by atoms with E-state index >= 15 is 0 Å². The van der Waals surface area contributed by atoms with Gasteiger partial charge in [0.2, 0.25) is 0 Å². The molecule has 4 saturated heterocycles. The van der Waals surface area contributed by atoms with Gasteiger partial charge in [0, 0.05) is 97.0 Å². The molecule has 2 N–H and O–H groups in total. The highest BCUT2D eigenvalue weighted by Gasteiger charge is 2.48. The van der Waals surface area contributed by atoms with Crippen LogP contribution in [0.5, 0.6) is 0 Å². The molecule has 4 aromatic carbocycles. The average Bonchev–Trinajstić information content (AvgIpc) is 4.10. The molecular weight excluding hydrogens is 901 g/mol. The predicted molar refractivity (Wildman–Crippen MR) is 288 cm³/mol. The van der Waals surface area contributed by atoms with E-state index in [1.165, 1.54) is 12.8 Å². The minimum atomic E-state index is -5.14. The second kappa shape index (κ2) is 16.3. The smallest absolute Gasteiger partial charge is 0.377 e. The van der Waals surface area contributed by atoms with Crippen molar-refractivity contribution in [3.8, 4) is 0 Å². The van der Waals surface area contributed by atoms with Crippen LogP contribution in [0, 0.1) is 23.7 Å². The molecule has 4 atom stereocenters. The van der Waals surface area contributed by atoms with Gasteiger partial charge in [-0.1, -0.05) is 76.2 Å². The highest BCUT2D eigenvalue weighted by Crippen LogP contribution is 2.48. The molecule has 2 aromatic heterocycles. The maximum Gasteiger partial charge on any atom is 0.597 e. The van der Waals surface area contributed by atoms with Crippen molar-refractivity contribution in [2.24, 2.45) is 53.6 Å². The van der Waals surface area contributed by atoms with Crippen molar-refractivity contribution in [2.45, 2.75) is 79.1 Å². The molecule has 0 aliphatic carbocycles. The van der Waals surface area contributed by atoms with Crippen LogP contribution in [-0.2, 0) is 0 Å². The number of benzene rings is 4. The van der Waals surface area contributed by atoms with Gasteiger partial charge in [0.05, 0.1) is 21.9 Å². The number of aromatic nitrogens is 2. The molecule has 362 valence electrons. The number of aliphatic imine (C=N–C) groups is 4. The van der Waals surface area contributed by atoms with Crippen LogP contribution in [0.4, 0.5) is 34.4 Å². The Balaban J connectivity index is 1.16. The molecule has 0 radical (unpaired) electrons. The highest BCUT2D eigenvalue weighted by atomic mass is 28.4. The summed E-state index contributed by atoms with van der Waals surface area (Å²) in [5.74, 6) is 4.86. The average molecular weight is 963 g/mol. The van der Waals surface area contributed by atoms with E-state index in [4.69, 9.17) is 30.0 Å². The zero-order chi connectivity index (χ0) is 47.9. The van der Waals surface area contributed by atoms with Gasteiger partial charge in [0.15, 0.2) is 23.3 Å². The number of hydrogen-bond donors (Lipinski definition) is 2. The van der Waals surface area contributed by atoms with Crippen LogP contribution >= 0.6 is 0 Å². The molecule has 4 fully saturated rings. The third kappa shape index (κ3) is 6.71. The molecule has 0 saturated carbocycles. The van der Waals surface area contributed by atoms with E-state index in [0.717, 1.165) is 157 Å². The molecule has 0 amide bonds. The van der Waals surface area contributed by atoms with Crippen LogP contribution in [0.1, 0.15) is 101 Å². The molecule has 6 bridgehead atoms. The van der Waals surface area contributed by atoms with Crippen molar-refractivity contribution in [2.75, 3.05) is 72.0 Å². The molecule has 4 unspecified atom stereocenters. The number of fused-ring (bicyclic) bond motifs is 14. The Kier molecular flexibility index (Phi) is 9.96. The SMILES string of the molecule is CC1CCCN(c2cccc3c2C2=NC3=Nc3c4c(N5CCCC(C)C5)cccc4c4n3[Si](O)(O)n3c(c5cccc(N6CCCC(C)C6)c5c3=NC3=NC(=N4)c4c3cccc4N3CCCC(C)C3)=N2)C1. The minimum Gasteiger partial charge on any atom is -0.377 e. The minimum absolute atomic E-state index is 0.399. The van der Waals surface area contributed by atoms with Crippen molar-refractivity contribution in [1.29, 1.82) is 0 Å². The lowest BCUT2D eigenvalue weighted by Gasteiger charge is -2.34. The molecule has 71 heavy (non-hydrogen) atoms. The first-order valence-electron chi connectivity index (χ1n) is 26.4. The zero-order valence-corrected chi connectivity index (χ0v) is 42.3. The Hall–Kier alpha value is -6.42. The van der Waals surface area contributed by atoms with E-state index < -0.39 is 8.88 Å². The number of hydrogen-bond acceptors (Lipinski definition) is 12. The van der Waals surface area contributed by atoms with Gasteiger partial charge in [-0.3, -0.25) is 8.47 Å². The van der Waals surface area contributed by atoms with Gasteiger partial charge in [0.25, 0.3) is 0 Å². The van der Waals surface area contributed by atoms with Gasteiger partial charge in [-0.25, -0.2) is 30.0 Å². The van der Waals surface area contributed by atoms with Gasteiger partial charge < -0.3 is 29.2 Å². The van der Waals surface area contributed by atoms with Gasteiger partial charge in [-0.05, 0) is 99.3 Å². The number of amidine groups is 4. The van der Waals surface area contributed by atoms with Gasteiger partial charge in [-0.2, -0.15) is 0 Å². The third-order valence-corrected chi connectivity index (χ3v) is 18.8. The molecule has 8 aliphatic heterocycles. The number of rotatable bonds is 4. The van der Waals surface area contributed by atoms with E-state index in [1.807, 2.05) is 0 Å². The summed E-state index contributed by atoms with van der Waals surface area (Å²) in [6.45, 7) is 16.5. The van der Waals surface area contributed by atoms with Crippen molar-refractivity contribution in [3.05, 3.63) is 106 Å². The van der Waals surface area contributed by atoms with Crippen molar-refractivity contribution < 1.29 is 9.59 Å². The Morgan fingerprint density at radius 2 is 0.845 bits per heavy atom. The Labute approximate surface area is 415 Å². The summed E-state index contributed by atoms with van der Waals surface area (Å²) in [5, 5.41) is 3.18. The van der Waals surface area contributed by atoms with Crippen LogP contribution in [0.2, 0.25) is 0 Å². The number of nitrogens with zero attached hydrogens (tertiary/aromatic N) is 12. The van der Waals surface area contributed by atoms with Gasteiger partial charge >= 0.3 is 8.88 Å². The Morgan fingerprint density at radius 3 is 1.39 bits per heavy atom. The standard InChI is InChI=1S/C56H62N12O2Si/c1-33-13-9-25-63(29-33)41-21-5-17-37-45(41)51-57-49(37)59-55-48-40(20-8-24-44(48)66-28-12-16-36(4)32-66)54-62-52-46-38(18-6-22-42(46)64-26-10-14-34(2)30-64)50(58-52)60-56-47-39(53(61-51)67(56)71(69,70)68(54)55)19-7-23-43(47)65-27-11-15-35(3)31-65/h5-8,17-24,33-36,69-70H,9-16,25-32H2,1-4H3. The maximum absolute atomic E-state index is 14.1. The topological polar surface area (TPSA) is 137 Å². The number of anilines is 4. The van der Waals surface area contributed by atoms with E-state index in [9.17, 15) is 9.59 Å². The lowest BCUT2D eigenvalue weighted by Crippen LogP contribution is -2.60. The van der Waals surface area contributed by atoms with Crippen molar-refractivity contribution in [3.63, 3.8) is 0 Å². The molecule has 6 aromatic rings. The molecular formula is C56H62N12O2Si. The fourth-order valence-electron chi connectivity index (χ4n) is 13.5. The van der Waals surface area contributed by atoms with E-state index in [-0.39, 0.29) is 0 Å². The molecule has 10 heterocycles. The van der Waals surface area contributed by atoms with Gasteiger partial charge in [0.1, 0.15) is 22.6 Å². The monoisotopic (exact) mass is 962 g/mol. The molecule has 0 spiro atoms. The third-order valence-electron chi connectivity index (χ3n) is 16.7. The summed E-state index contributed by atoms with van der Waals surface area (Å²) < 4.78 is 3.35. The fraction of sp³-hybridized carbons (Fsp3) is 0.429. The van der Waals surface area contributed by atoms with Crippen LogP contribution in [-0.4, -0.2) is 103 Å². The first-order chi connectivity index (χ1) is 34.6. The second-order valence-corrected chi connectivity index (χ2v) is 24.2. The normalized spacial score (nSPS) is 24.4. The Bertz CT molecular complexity index is 3510. The first-order valence-corrected chi connectivity index (χ1v) is 28.2. The number of piperidine rings is 4. The lowest BCUT2D eigenvalue weighted by molar-refractivity contribution is 0.324. The molecule has 15 heteroatoms. The first kappa shape index (κ1) is 43.4. The molecule has 8 aliphatic rings. The summed E-state index contributed by atoms with van der Waals surface area (Å²) in [6.07, 6.45) is 9.02. The summed E-state index contributed by atoms with van der Waals surface area (Å²) in [6, 6.07) is 25.5. The predicted octanol–water partition coefficient (Wildman–Crippen LogP) is 8.30. The maximum atomic E-state index is 14.1. The van der Waals surface area contributed by atoms with E-state index in [0.29, 0.717) is 69.6 Å². The summed E-state index contributed by atoms with van der Waals surface area (Å²) in [4.78, 5) is 71.5. The zero-order valence-electron chi connectivity index (χ0n) is 41.3. The lowest BCUT2D eigenvalue weighted by atomic mass is 9.97.